The Hall–Kier alpha value is -3.70. The van der Waals surface area contributed by atoms with Gasteiger partial charge in [0.2, 0.25) is 0 Å². The fraction of sp³-hybridized carbons (Fsp3) is 0.241. The number of aliphatic carboxylic acids is 2. The van der Waals surface area contributed by atoms with Gasteiger partial charge < -0.3 is 25.1 Å². The molecule has 5 nitrogen and oxygen atoms in total. The molecule has 0 aliphatic rings. The minimum Gasteiger partial charge on any atom is -0.545 e. The summed E-state index contributed by atoms with van der Waals surface area (Å²) in [7, 11) is 0. The van der Waals surface area contributed by atoms with Crippen LogP contribution in [-0.2, 0) is 16.0 Å². The van der Waals surface area contributed by atoms with E-state index in [-0.39, 0.29) is 0 Å². The highest BCUT2D eigenvalue weighted by atomic mass is 16.4. The molecule has 0 saturated heterocycles. The van der Waals surface area contributed by atoms with E-state index in [9.17, 15) is 19.8 Å². The summed E-state index contributed by atoms with van der Waals surface area (Å²) < 4.78 is 0. The first-order valence-electron chi connectivity index (χ1n) is 11.5. The van der Waals surface area contributed by atoms with Crippen molar-refractivity contribution in [2.75, 3.05) is 6.54 Å². The van der Waals surface area contributed by atoms with Crippen molar-refractivity contribution in [2.45, 2.75) is 38.1 Å². The zero-order chi connectivity index (χ0) is 24.6. The minimum absolute atomic E-state index is 0.384. The monoisotopic (exact) mass is 457 g/mol. The number of carbonyl (C=O) groups is 2. The Labute approximate surface area is 201 Å². The first kappa shape index (κ1) is 26.6. The zero-order valence-corrected chi connectivity index (χ0v) is 19.4. The molecule has 0 aromatic heterocycles. The molecular formula is C29H31NO4-2. The maximum atomic E-state index is 9.41. The molecule has 178 valence electrons. The summed E-state index contributed by atoms with van der Waals surface area (Å²) in [5.41, 5.74) is 4.21. The van der Waals surface area contributed by atoms with Gasteiger partial charge in [-0.1, -0.05) is 97.9 Å². The second-order valence-electron chi connectivity index (χ2n) is 7.88. The van der Waals surface area contributed by atoms with Gasteiger partial charge in [-0.25, -0.2) is 0 Å². The molecule has 0 heterocycles. The summed E-state index contributed by atoms with van der Waals surface area (Å²) in [5, 5.41) is 22.6. The van der Waals surface area contributed by atoms with Crippen molar-refractivity contribution in [1.29, 1.82) is 0 Å². The van der Waals surface area contributed by atoms with Crippen molar-refractivity contribution < 1.29 is 19.8 Å². The highest BCUT2D eigenvalue weighted by Gasteiger charge is 2.14. The van der Waals surface area contributed by atoms with Crippen LogP contribution < -0.4 is 15.5 Å². The van der Waals surface area contributed by atoms with Crippen molar-refractivity contribution in [3.8, 4) is 0 Å². The third-order valence-corrected chi connectivity index (χ3v) is 5.44. The molecule has 0 aliphatic carbocycles. The third-order valence-electron chi connectivity index (χ3n) is 5.44. The van der Waals surface area contributed by atoms with Crippen molar-refractivity contribution >= 4 is 11.9 Å². The number of hydrogen-bond acceptors (Lipinski definition) is 5. The van der Waals surface area contributed by atoms with Crippen LogP contribution in [0.1, 0.15) is 42.4 Å². The smallest absolute Gasteiger partial charge is 0.0643 e. The highest BCUT2D eigenvalue weighted by molar-refractivity contribution is 5.87. The molecule has 0 spiro atoms. The van der Waals surface area contributed by atoms with E-state index in [1.54, 1.807) is 0 Å². The van der Waals surface area contributed by atoms with E-state index >= 15 is 0 Å². The van der Waals surface area contributed by atoms with E-state index in [1.165, 1.54) is 16.7 Å². The largest absolute Gasteiger partial charge is 0.545 e. The van der Waals surface area contributed by atoms with Crippen LogP contribution in [0, 0.1) is 0 Å². The fourth-order valence-electron chi connectivity index (χ4n) is 3.72. The lowest BCUT2D eigenvalue weighted by Crippen LogP contribution is -2.32. The van der Waals surface area contributed by atoms with Crippen molar-refractivity contribution in [1.82, 2.24) is 5.32 Å². The molecule has 0 radical (unpaired) electrons. The van der Waals surface area contributed by atoms with E-state index in [2.05, 4.69) is 103 Å². The first-order valence-corrected chi connectivity index (χ1v) is 11.5. The fourth-order valence-corrected chi connectivity index (χ4v) is 3.72. The average molecular weight is 458 g/mol. The molecule has 0 bridgehead atoms. The Morgan fingerprint density at radius 2 is 1.21 bits per heavy atom. The van der Waals surface area contributed by atoms with Gasteiger partial charge in [0.25, 0.3) is 0 Å². The quantitative estimate of drug-likeness (QED) is 0.447. The molecular weight excluding hydrogens is 426 g/mol. The molecule has 1 unspecified atom stereocenters. The summed E-state index contributed by atoms with van der Waals surface area (Å²) in [6.45, 7) is 3.30. The molecule has 3 rings (SSSR count). The second-order valence-corrected chi connectivity index (χ2v) is 7.88. The Morgan fingerprint density at radius 3 is 1.62 bits per heavy atom. The van der Waals surface area contributed by atoms with E-state index in [1.807, 2.05) is 0 Å². The van der Waals surface area contributed by atoms with Gasteiger partial charge in [0.1, 0.15) is 0 Å². The summed E-state index contributed by atoms with van der Waals surface area (Å²) in [5.74, 6) is -2.65. The van der Waals surface area contributed by atoms with Crippen molar-refractivity contribution in [2.24, 2.45) is 0 Å². The Balaban J connectivity index is 0.000000440. The lowest BCUT2D eigenvalue weighted by atomic mass is 9.88. The van der Waals surface area contributed by atoms with Gasteiger partial charge in [-0.15, -0.1) is 0 Å². The molecule has 0 fully saturated rings. The lowest BCUT2D eigenvalue weighted by molar-refractivity contribution is -0.301. The Morgan fingerprint density at radius 1 is 0.765 bits per heavy atom. The topological polar surface area (TPSA) is 92.3 Å². The predicted octanol–water partition coefficient (Wildman–Crippen LogP) is 2.86. The van der Waals surface area contributed by atoms with E-state index in [4.69, 9.17) is 0 Å². The molecule has 5 heteroatoms. The third kappa shape index (κ3) is 10.3. The van der Waals surface area contributed by atoms with Gasteiger partial charge in [0.15, 0.2) is 0 Å². The van der Waals surface area contributed by atoms with Crippen LogP contribution in [0.25, 0.3) is 0 Å². The molecule has 1 atom stereocenters. The normalized spacial score (nSPS) is 11.6. The van der Waals surface area contributed by atoms with Gasteiger partial charge in [-0.3, -0.25) is 0 Å². The van der Waals surface area contributed by atoms with Crippen LogP contribution in [0.2, 0.25) is 0 Å². The molecule has 3 aromatic rings. The lowest BCUT2D eigenvalue weighted by Gasteiger charge is -2.22. The summed E-state index contributed by atoms with van der Waals surface area (Å²) in [6.07, 6.45) is 4.12. The number of nitrogens with one attached hydrogen (secondary N) is 1. The van der Waals surface area contributed by atoms with E-state index in [0.717, 1.165) is 25.8 Å². The maximum absolute atomic E-state index is 9.41. The van der Waals surface area contributed by atoms with Crippen LogP contribution in [0.4, 0.5) is 0 Å². The minimum atomic E-state index is -1.55. The van der Waals surface area contributed by atoms with Crippen LogP contribution in [0.3, 0.4) is 0 Å². The van der Waals surface area contributed by atoms with Crippen LogP contribution in [0.5, 0.6) is 0 Å². The predicted molar refractivity (Wildman–Crippen MR) is 131 cm³/mol. The van der Waals surface area contributed by atoms with Crippen LogP contribution >= 0.6 is 0 Å². The standard InChI is InChI=1S/C25H29N.C4H4O4/c1-2-24(20-21-12-6-3-7-13-21)26-19-18-25(22-14-8-4-9-15-22)23-16-10-5-11-17-23;5-3(6)1-2-4(7)8/h3-17,24-26H,2,18-20H2,1H3;1-2H,(H,5,6)(H,7,8)/p-2/b;2-1-. The number of benzene rings is 3. The SMILES string of the molecule is CCC(Cc1ccccc1)NCCC(c1ccccc1)c1ccccc1.O=C([O-])/C=C\C(=O)[O-]. The number of carboxylic acid groups (broad SMARTS) is 2. The second kappa shape index (κ2) is 15.2. The van der Waals surface area contributed by atoms with Crippen LogP contribution in [-0.4, -0.2) is 24.5 Å². The maximum Gasteiger partial charge on any atom is 0.0643 e. The van der Waals surface area contributed by atoms with Crippen molar-refractivity contribution in [3.63, 3.8) is 0 Å². The molecule has 0 aliphatic heterocycles. The molecule has 0 amide bonds. The number of carboxylic acids is 2. The van der Waals surface area contributed by atoms with Gasteiger partial charge in [-0.2, -0.15) is 0 Å². The van der Waals surface area contributed by atoms with E-state index < -0.39 is 11.9 Å². The van der Waals surface area contributed by atoms with Gasteiger partial charge in [0.05, 0.1) is 11.9 Å². The summed E-state index contributed by atoms with van der Waals surface area (Å²) in [4.78, 5) is 18.8. The first-order chi connectivity index (χ1) is 16.5. The Kier molecular flexibility index (Phi) is 11.9. The van der Waals surface area contributed by atoms with E-state index in [0.29, 0.717) is 24.1 Å². The molecule has 34 heavy (non-hydrogen) atoms. The van der Waals surface area contributed by atoms with Crippen LogP contribution in [0.15, 0.2) is 103 Å². The van der Waals surface area contributed by atoms with Gasteiger partial charge >= 0.3 is 0 Å². The average Bonchev–Trinajstić information content (AvgIpc) is 2.86. The van der Waals surface area contributed by atoms with Gasteiger partial charge in [-0.05, 0) is 54.6 Å². The Bertz CT molecular complexity index is 949. The summed E-state index contributed by atoms with van der Waals surface area (Å²) in [6, 6.07) is 33.1. The molecule has 3 aromatic carbocycles. The molecule has 0 saturated carbocycles. The molecule has 1 N–H and O–H groups in total. The van der Waals surface area contributed by atoms with Gasteiger partial charge in [0, 0.05) is 12.0 Å². The summed E-state index contributed by atoms with van der Waals surface area (Å²) >= 11 is 0. The zero-order valence-electron chi connectivity index (χ0n) is 19.4. The number of carbonyl (C=O) groups excluding carboxylic acids is 2. The van der Waals surface area contributed by atoms with Crippen molar-refractivity contribution in [3.05, 3.63) is 120 Å². The number of hydrogen-bond donors (Lipinski definition) is 1. The number of rotatable bonds is 11. The highest BCUT2D eigenvalue weighted by Crippen LogP contribution is 2.27.